The van der Waals surface area contributed by atoms with Gasteiger partial charge in [-0.25, -0.2) is 0 Å². The second kappa shape index (κ2) is 6.62. The molecule has 3 rings (SSSR count). The van der Waals surface area contributed by atoms with E-state index >= 15 is 0 Å². The van der Waals surface area contributed by atoms with Gasteiger partial charge in [0, 0.05) is 43.0 Å². The first-order valence-electron chi connectivity index (χ1n) is 7.52. The summed E-state index contributed by atoms with van der Waals surface area (Å²) in [6.07, 6.45) is 0. The van der Waals surface area contributed by atoms with E-state index in [0.717, 1.165) is 31.9 Å². The van der Waals surface area contributed by atoms with Crippen molar-refractivity contribution in [3.63, 3.8) is 0 Å². The fourth-order valence-electron chi connectivity index (χ4n) is 2.66. The van der Waals surface area contributed by atoms with E-state index in [4.69, 9.17) is 4.74 Å². The van der Waals surface area contributed by atoms with Crippen LogP contribution in [-0.2, 0) is 0 Å². The van der Waals surface area contributed by atoms with Crippen LogP contribution in [0.3, 0.4) is 0 Å². The second-order valence-electron chi connectivity index (χ2n) is 5.34. The van der Waals surface area contributed by atoms with Gasteiger partial charge in [0.1, 0.15) is 5.75 Å². The van der Waals surface area contributed by atoms with Gasteiger partial charge < -0.3 is 15.0 Å². The first-order chi connectivity index (χ1) is 10.8. The molecule has 0 amide bonds. The molecule has 0 saturated carbocycles. The number of hydrogen-bond donors (Lipinski definition) is 1. The number of piperazine rings is 1. The maximum absolute atomic E-state index is 12.5. The Hall–Kier alpha value is -2.33. The molecule has 0 aliphatic carbocycles. The Morgan fingerprint density at radius 3 is 2.05 bits per heavy atom. The minimum atomic E-state index is 0.0366. The predicted octanol–water partition coefficient (Wildman–Crippen LogP) is 2.34. The van der Waals surface area contributed by atoms with Crippen LogP contribution in [0.2, 0.25) is 0 Å². The molecule has 1 N–H and O–H groups in total. The maximum atomic E-state index is 12.5. The highest BCUT2D eigenvalue weighted by Crippen LogP contribution is 2.19. The first kappa shape index (κ1) is 14.6. The number of nitrogens with zero attached hydrogens (tertiary/aromatic N) is 1. The summed E-state index contributed by atoms with van der Waals surface area (Å²) < 4.78 is 5.12. The zero-order valence-corrected chi connectivity index (χ0v) is 12.7. The van der Waals surface area contributed by atoms with Gasteiger partial charge in [0.05, 0.1) is 7.11 Å². The van der Waals surface area contributed by atoms with E-state index in [9.17, 15) is 4.79 Å². The summed E-state index contributed by atoms with van der Waals surface area (Å²) in [5.41, 5.74) is 2.56. The van der Waals surface area contributed by atoms with Crippen molar-refractivity contribution in [2.45, 2.75) is 0 Å². The zero-order chi connectivity index (χ0) is 15.4. The van der Waals surface area contributed by atoms with Gasteiger partial charge in [-0.3, -0.25) is 4.79 Å². The van der Waals surface area contributed by atoms with Crippen LogP contribution in [0.25, 0.3) is 0 Å². The highest BCUT2D eigenvalue weighted by atomic mass is 16.5. The molecule has 0 atom stereocenters. The van der Waals surface area contributed by atoms with Gasteiger partial charge >= 0.3 is 0 Å². The van der Waals surface area contributed by atoms with E-state index in [1.807, 2.05) is 36.4 Å². The van der Waals surface area contributed by atoms with E-state index in [1.165, 1.54) is 5.69 Å². The third-order valence-electron chi connectivity index (χ3n) is 3.96. The number of carbonyl (C=O) groups excluding carboxylic acids is 1. The Morgan fingerprint density at radius 2 is 1.50 bits per heavy atom. The Labute approximate surface area is 130 Å². The molecule has 0 spiro atoms. The van der Waals surface area contributed by atoms with Crippen molar-refractivity contribution in [1.82, 2.24) is 5.32 Å². The number of methoxy groups -OCH3 is 1. The van der Waals surface area contributed by atoms with Crippen molar-refractivity contribution in [3.05, 3.63) is 59.7 Å². The smallest absolute Gasteiger partial charge is 0.193 e. The summed E-state index contributed by atoms with van der Waals surface area (Å²) in [5, 5.41) is 3.34. The van der Waals surface area contributed by atoms with Gasteiger partial charge in [0.25, 0.3) is 0 Å². The minimum absolute atomic E-state index is 0.0366. The van der Waals surface area contributed by atoms with Crippen molar-refractivity contribution < 1.29 is 9.53 Å². The van der Waals surface area contributed by atoms with Gasteiger partial charge in [-0.1, -0.05) is 0 Å². The van der Waals surface area contributed by atoms with Gasteiger partial charge in [0.15, 0.2) is 5.78 Å². The third-order valence-corrected chi connectivity index (χ3v) is 3.96. The molecule has 22 heavy (non-hydrogen) atoms. The summed E-state index contributed by atoms with van der Waals surface area (Å²) in [6, 6.07) is 15.1. The number of hydrogen-bond acceptors (Lipinski definition) is 4. The number of carbonyl (C=O) groups is 1. The van der Waals surface area contributed by atoms with Crippen LogP contribution in [0, 0.1) is 0 Å². The molecule has 0 radical (unpaired) electrons. The van der Waals surface area contributed by atoms with E-state index in [0.29, 0.717) is 11.1 Å². The Morgan fingerprint density at radius 1 is 0.955 bits per heavy atom. The van der Waals surface area contributed by atoms with Crippen molar-refractivity contribution in [3.8, 4) is 5.75 Å². The maximum Gasteiger partial charge on any atom is 0.193 e. The first-order valence-corrected chi connectivity index (χ1v) is 7.52. The average Bonchev–Trinajstić information content (AvgIpc) is 2.62. The van der Waals surface area contributed by atoms with Crippen molar-refractivity contribution in [2.75, 3.05) is 38.2 Å². The molecule has 114 valence electrons. The summed E-state index contributed by atoms with van der Waals surface area (Å²) in [4.78, 5) is 14.8. The van der Waals surface area contributed by atoms with Crippen molar-refractivity contribution in [2.24, 2.45) is 0 Å². The quantitative estimate of drug-likeness (QED) is 0.879. The highest BCUT2D eigenvalue weighted by Gasteiger charge is 2.12. The van der Waals surface area contributed by atoms with E-state index in [2.05, 4.69) is 10.2 Å². The number of ether oxygens (including phenoxy) is 1. The lowest BCUT2D eigenvalue weighted by atomic mass is 10.0. The fraction of sp³-hybridized carbons (Fsp3) is 0.278. The summed E-state index contributed by atoms with van der Waals surface area (Å²) in [5.74, 6) is 0.792. The number of anilines is 1. The molecule has 0 unspecified atom stereocenters. The third kappa shape index (κ3) is 3.12. The summed E-state index contributed by atoms with van der Waals surface area (Å²) in [6.45, 7) is 4.02. The molecule has 4 nitrogen and oxygen atoms in total. The molecule has 2 aromatic rings. The lowest BCUT2D eigenvalue weighted by molar-refractivity contribution is 0.103. The molecule has 4 heteroatoms. The molecular formula is C18H20N2O2. The zero-order valence-electron chi connectivity index (χ0n) is 12.7. The van der Waals surface area contributed by atoms with Crippen LogP contribution >= 0.6 is 0 Å². The van der Waals surface area contributed by atoms with E-state index in [-0.39, 0.29) is 5.78 Å². The van der Waals surface area contributed by atoms with Crippen LogP contribution in [0.5, 0.6) is 5.75 Å². The number of nitrogens with one attached hydrogen (secondary N) is 1. The van der Waals surface area contributed by atoms with Gasteiger partial charge in [-0.05, 0) is 48.5 Å². The average molecular weight is 296 g/mol. The van der Waals surface area contributed by atoms with Gasteiger partial charge in [0.2, 0.25) is 0 Å². The van der Waals surface area contributed by atoms with Crippen LogP contribution < -0.4 is 15.0 Å². The van der Waals surface area contributed by atoms with Crippen molar-refractivity contribution in [1.29, 1.82) is 0 Å². The Balaban J connectivity index is 1.74. The van der Waals surface area contributed by atoms with Crippen LogP contribution in [0.4, 0.5) is 5.69 Å². The van der Waals surface area contributed by atoms with Gasteiger partial charge in [-0.2, -0.15) is 0 Å². The van der Waals surface area contributed by atoms with Crippen LogP contribution in [0.15, 0.2) is 48.5 Å². The standard InChI is InChI=1S/C18H20N2O2/c1-22-17-8-4-15(5-9-17)18(21)14-2-6-16(7-3-14)20-12-10-19-11-13-20/h2-9,19H,10-13H2,1H3. The van der Waals surface area contributed by atoms with Crippen LogP contribution in [-0.4, -0.2) is 39.1 Å². The molecule has 0 bridgehead atoms. The molecule has 1 aliphatic heterocycles. The molecular weight excluding hydrogens is 276 g/mol. The molecule has 1 aliphatic rings. The van der Waals surface area contributed by atoms with E-state index < -0.39 is 0 Å². The topological polar surface area (TPSA) is 41.6 Å². The SMILES string of the molecule is COc1ccc(C(=O)c2ccc(N3CCNCC3)cc2)cc1. The Kier molecular flexibility index (Phi) is 4.39. The fourth-order valence-corrected chi connectivity index (χ4v) is 2.66. The Bertz CT molecular complexity index is 629. The number of benzene rings is 2. The van der Waals surface area contributed by atoms with E-state index in [1.54, 1.807) is 19.2 Å². The summed E-state index contributed by atoms with van der Waals surface area (Å²) >= 11 is 0. The summed E-state index contributed by atoms with van der Waals surface area (Å²) in [7, 11) is 1.62. The lowest BCUT2D eigenvalue weighted by Crippen LogP contribution is -2.43. The number of ketones is 1. The second-order valence-corrected chi connectivity index (χ2v) is 5.34. The monoisotopic (exact) mass is 296 g/mol. The minimum Gasteiger partial charge on any atom is -0.497 e. The number of rotatable bonds is 4. The lowest BCUT2D eigenvalue weighted by Gasteiger charge is -2.29. The molecule has 1 fully saturated rings. The molecule has 1 heterocycles. The molecule has 0 aromatic heterocycles. The van der Waals surface area contributed by atoms with Gasteiger partial charge in [-0.15, -0.1) is 0 Å². The predicted molar refractivity (Wildman–Crippen MR) is 88.0 cm³/mol. The van der Waals surface area contributed by atoms with Crippen molar-refractivity contribution >= 4 is 11.5 Å². The molecule has 1 saturated heterocycles. The normalized spacial score (nSPS) is 14.7. The highest BCUT2D eigenvalue weighted by molar-refractivity contribution is 6.09. The van der Waals surface area contributed by atoms with Crippen LogP contribution in [0.1, 0.15) is 15.9 Å². The molecule has 2 aromatic carbocycles. The largest absolute Gasteiger partial charge is 0.497 e.